The molecule has 154 valence electrons. The highest BCUT2D eigenvalue weighted by Crippen LogP contribution is 2.24. The zero-order valence-corrected chi connectivity index (χ0v) is 16.8. The van der Waals surface area contributed by atoms with Gasteiger partial charge in [0.25, 0.3) is 5.56 Å². The van der Waals surface area contributed by atoms with Gasteiger partial charge in [0, 0.05) is 44.3 Å². The molecule has 4 heterocycles. The van der Waals surface area contributed by atoms with Gasteiger partial charge in [0.05, 0.1) is 36.1 Å². The summed E-state index contributed by atoms with van der Waals surface area (Å²) in [6.45, 7) is 5.55. The second kappa shape index (κ2) is 7.42. The highest BCUT2D eigenvalue weighted by molar-refractivity contribution is 5.81. The standard InChI is InChI=1S/C21H23N7O2/c1-15-12-19-20(22-4-5-28(19)24-15)26-8-6-25(7-9-26)16-2-3-17-18(13-16)23-14-27(10-11-29)21(17)30/h2-5,12-14,29H,6-11H2,1H3. The topological polar surface area (TPSA) is 91.8 Å². The number of hydrogen-bond acceptors (Lipinski definition) is 7. The molecular formula is C21H23N7O2. The lowest BCUT2D eigenvalue weighted by molar-refractivity contribution is 0.274. The van der Waals surface area contributed by atoms with Gasteiger partial charge in [-0.1, -0.05) is 0 Å². The van der Waals surface area contributed by atoms with Crippen LogP contribution in [0.1, 0.15) is 5.69 Å². The SMILES string of the molecule is Cc1cc2c(N3CCN(c4ccc5c(=O)n(CCO)cnc5c4)CC3)nccn2n1. The van der Waals surface area contributed by atoms with Crippen LogP contribution in [0.25, 0.3) is 16.4 Å². The molecular weight excluding hydrogens is 382 g/mol. The normalized spacial score (nSPS) is 14.7. The highest BCUT2D eigenvalue weighted by Gasteiger charge is 2.21. The third kappa shape index (κ3) is 3.17. The van der Waals surface area contributed by atoms with E-state index in [4.69, 9.17) is 5.11 Å². The van der Waals surface area contributed by atoms with Crippen molar-refractivity contribution in [3.63, 3.8) is 0 Å². The summed E-state index contributed by atoms with van der Waals surface area (Å²) >= 11 is 0. The average molecular weight is 405 g/mol. The zero-order valence-electron chi connectivity index (χ0n) is 16.8. The molecule has 0 atom stereocenters. The monoisotopic (exact) mass is 405 g/mol. The van der Waals surface area contributed by atoms with E-state index in [1.54, 1.807) is 6.20 Å². The molecule has 5 rings (SSSR count). The van der Waals surface area contributed by atoms with Crippen LogP contribution in [0, 0.1) is 6.92 Å². The van der Waals surface area contributed by atoms with Crippen LogP contribution < -0.4 is 15.4 Å². The third-order valence-corrected chi connectivity index (χ3v) is 5.59. The molecule has 1 N–H and O–H groups in total. The Hall–Kier alpha value is -3.46. The highest BCUT2D eigenvalue weighted by atomic mass is 16.3. The number of aliphatic hydroxyl groups excluding tert-OH is 1. The van der Waals surface area contributed by atoms with Gasteiger partial charge in [0.2, 0.25) is 0 Å². The molecule has 0 amide bonds. The van der Waals surface area contributed by atoms with Crippen molar-refractivity contribution in [2.75, 3.05) is 42.6 Å². The summed E-state index contributed by atoms with van der Waals surface area (Å²) in [4.78, 5) is 26.1. The fourth-order valence-corrected chi connectivity index (χ4v) is 4.06. The lowest BCUT2D eigenvalue weighted by atomic mass is 10.2. The molecule has 1 fully saturated rings. The number of aromatic nitrogens is 5. The summed E-state index contributed by atoms with van der Waals surface area (Å²) < 4.78 is 3.31. The van der Waals surface area contributed by atoms with Gasteiger partial charge in [-0.2, -0.15) is 5.10 Å². The molecule has 0 radical (unpaired) electrons. The van der Waals surface area contributed by atoms with Gasteiger partial charge in [0.1, 0.15) is 5.52 Å². The minimum atomic E-state index is -0.124. The van der Waals surface area contributed by atoms with E-state index in [1.807, 2.05) is 35.8 Å². The van der Waals surface area contributed by atoms with Crippen LogP contribution in [-0.4, -0.2) is 62.0 Å². The number of fused-ring (bicyclic) bond motifs is 2. The fourth-order valence-electron chi connectivity index (χ4n) is 4.06. The minimum absolute atomic E-state index is 0.0864. The average Bonchev–Trinajstić information content (AvgIpc) is 3.16. The summed E-state index contributed by atoms with van der Waals surface area (Å²) in [6, 6.07) is 7.84. The number of anilines is 2. The number of aryl methyl sites for hydroxylation is 1. The number of rotatable bonds is 4. The van der Waals surface area contributed by atoms with E-state index in [-0.39, 0.29) is 18.7 Å². The van der Waals surface area contributed by atoms with Crippen LogP contribution in [0.15, 0.2) is 47.8 Å². The van der Waals surface area contributed by atoms with Crippen LogP contribution in [0.2, 0.25) is 0 Å². The predicted molar refractivity (Wildman–Crippen MR) is 115 cm³/mol. The van der Waals surface area contributed by atoms with Gasteiger partial charge >= 0.3 is 0 Å². The van der Waals surface area contributed by atoms with E-state index in [2.05, 4.69) is 30.9 Å². The molecule has 3 aromatic heterocycles. The summed E-state index contributed by atoms with van der Waals surface area (Å²) in [6.07, 6.45) is 5.17. The Kier molecular flexibility index (Phi) is 4.59. The Morgan fingerprint density at radius 1 is 1.07 bits per heavy atom. The van der Waals surface area contributed by atoms with E-state index >= 15 is 0 Å². The molecule has 0 saturated carbocycles. The first-order chi connectivity index (χ1) is 14.6. The minimum Gasteiger partial charge on any atom is -0.395 e. The van der Waals surface area contributed by atoms with Gasteiger partial charge in [-0.3, -0.25) is 9.36 Å². The molecule has 1 aliphatic rings. The van der Waals surface area contributed by atoms with Crippen LogP contribution >= 0.6 is 0 Å². The maximum Gasteiger partial charge on any atom is 0.261 e. The van der Waals surface area contributed by atoms with Crippen molar-refractivity contribution >= 4 is 27.9 Å². The second-order valence-corrected chi connectivity index (χ2v) is 7.51. The van der Waals surface area contributed by atoms with Gasteiger partial charge in [-0.25, -0.2) is 14.5 Å². The third-order valence-electron chi connectivity index (χ3n) is 5.59. The molecule has 0 aliphatic carbocycles. The van der Waals surface area contributed by atoms with E-state index in [0.29, 0.717) is 10.9 Å². The van der Waals surface area contributed by atoms with Crippen LogP contribution in [0.3, 0.4) is 0 Å². The van der Waals surface area contributed by atoms with Gasteiger partial charge in [-0.15, -0.1) is 0 Å². The summed E-state index contributed by atoms with van der Waals surface area (Å²) in [5.74, 6) is 0.961. The van der Waals surface area contributed by atoms with E-state index in [0.717, 1.165) is 48.9 Å². The smallest absolute Gasteiger partial charge is 0.261 e. The molecule has 0 spiro atoms. The van der Waals surface area contributed by atoms with Gasteiger partial charge in [-0.05, 0) is 31.2 Å². The number of hydrogen-bond donors (Lipinski definition) is 1. The van der Waals surface area contributed by atoms with Crippen molar-refractivity contribution in [2.24, 2.45) is 0 Å². The first-order valence-electron chi connectivity index (χ1n) is 10.0. The van der Waals surface area contributed by atoms with E-state index < -0.39 is 0 Å². The number of piperazine rings is 1. The Labute approximate surface area is 172 Å². The van der Waals surface area contributed by atoms with Gasteiger partial charge in [0.15, 0.2) is 5.82 Å². The Bertz CT molecular complexity index is 1270. The molecule has 1 aliphatic heterocycles. The number of nitrogens with zero attached hydrogens (tertiary/aromatic N) is 7. The van der Waals surface area contributed by atoms with Crippen molar-refractivity contribution in [2.45, 2.75) is 13.5 Å². The Morgan fingerprint density at radius 2 is 1.87 bits per heavy atom. The maximum absolute atomic E-state index is 12.5. The summed E-state index contributed by atoms with van der Waals surface area (Å²) in [7, 11) is 0. The molecule has 9 heteroatoms. The molecule has 9 nitrogen and oxygen atoms in total. The lowest BCUT2D eigenvalue weighted by Gasteiger charge is -2.36. The van der Waals surface area contributed by atoms with E-state index in [1.165, 1.54) is 10.9 Å². The first kappa shape index (κ1) is 18.6. The Balaban J connectivity index is 1.36. The predicted octanol–water partition coefficient (Wildman–Crippen LogP) is 1.07. The Morgan fingerprint density at radius 3 is 2.67 bits per heavy atom. The quantitative estimate of drug-likeness (QED) is 0.543. The molecule has 1 saturated heterocycles. The zero-order chi connectivity index (χ0) is 20.7. The van der Waals surface area contributed by atoms with Gasteiger partial charge < -0.3 is 14.9 Å². The molecule has 0 unspecified atom stereocenters. The second-order valence-electron chi connectivity index (χ2n) is 7.51. The molecule has 0 bridgehead atoms. The fraction of sp³-hybridized carbons (Fsp3) is 0.333. The number of benzene rings is 1. The van der Waals surface area contributed by atoms with Crippen molar-refractivity contribution in [3.8, 4) is 0 Å². The lowest BCUT2D eigenvalue weighted by Crippen LogP contribution is -2.47. The number of aliphatic hydroxyl groups is 1. The van der Waals surface area contributed by atoms with Crippen molar-refractivity contribution in [3.05, 3.63) is 59.0 Å². The first-order valence-corrected chi connectivity index (χ1v) is 10.0. The van der Waals surface area contributed by atoms with Crippen molar-refractivity contribution in [1.29, 1.82) is 0 Å². The summed E-state index contributed by atoms with van der Waals surface area (Å²) in [5.41, 5.74) is 3.61. The largest absolute Gasteiger partial charge is 0.395 e. The molecule has 30 heavy (non-hydrogen) atoms. The van der Waals surface area contributed by atoms with Crippen LogP contribution in [0.4, 0.5) is 11.5 Å². The van der Waals surface area contributed by atoms with Crippen molar-refractivity contribution in [1.82, 2.24) is 24.1 Å². The summed E-state index contributed by atoms with van der Waals surface area (Å²) in [5, 5.41) is 14.1. The maximum atomic E-state index is 12.5. The van der Waals surface area contributed by atoms with Crippen LogP contribution in [0.5, 0.6) is 0 Å². The van der Waals surface area contributed by atoms with Crippen LogP contribution in [-0.2, 0) is 6.54 Å². The molecule has 1 aromatic carbocycles. The van der Waals surface area contributed by atoms with E-state index in [9.17, 15) is 4.79 Å². The van der Waals surface area contributed by atoms with Crippen molar-refractivity contribution < 1.29 is 5.11 Å². The molecule has 4 aromatic rings.